The van der Waals surface area contributed by atoms with Crippen molar-refractivity contribution in [2.45, 2.75) is 45.1 Å². The lowest BCUT2D eigenvalue weighted by molar-refractivity contribution is -0.120. The summed E-state index contributed by atoms with van der Waals surface area (Å²) in [6.45, 7) is 5.94. The lowest BCUT2D eigenvalue weighted by atomic mass is 9.67. The average molecular weight is 197 g/mol. The summed E-state index contributed by atoms with van der Waals surface area (Å²) in [6, 6.07) is 0. The highest BCUT2D eigenvalue weighted by Gasteiger charge is 2.51. The van der Waals surface area contributed by atoms with Crippen LogP contribution in [0.3, 0.4) is 0 Å². The highest BCUT2D eigenvalue weighted by Crippen LogP contribution is 2.47. The van der Waals surface area contributed by atoms with Crippen molar-refractivity contribution >= 4 is 5.91 Å². The normalized spacial score (nSPS) is 36.9. The Morgan fingerprint density at radius 2 is 2.07 bits per heavy atom. The Bertz CT molecular complexity index is 240. The van der Waals surface area contributed by atoms with Gasteiger partial charge in [-0.05, 0) is 33.1 Å². The van der Waals surface area contributed by atoms with Gasteiger partial charge in [-0.2, -0.15) is 0 Å². The minimum absolute atomic E-state index is 0.0578. The predicted molar refractivity (Wildman–Crippen MR) is 53.9 cm³/mol. The molecule has 2 aliphatic rings. The fourth-order valence-electron chi connectivity index (χ4n) is 2.86. The molecule has 0 aromatic rings. The van der Waals surface area contributed by atoms with Gasteiger partial charge in [-0.15, -0.1) is 0 Å². The van der Waals surface area contributed by atoms with Crippen LogP contribution in [0.25, 0.3) is 0 Å². The van der Waals surface area contributed by atoms with Gasteiger partial charge >= 0.3 is 0 Å². The first-order valence-electron chi connectivity index (χ1n) is 5.45. The SMILES string of the molecule is CC1(C)NC(=O)CC12CCCOCC2. The van der Waals surface area contributed by atoms with Gasteiger partial charge in [0.25, 0.3) is 0 Å². The van der Waals surface area contributed by atoms with Crippen molar-refractivity contribution in [3.05, 3.63) is 0 Å². The van der Waals surface area contributed by atoms with Crippen LogP contribution in [0.4, 0.5) is 0 Å². The quantitative estimate of drug-likeness (QED) is 0.638. The van der Waals surface area contributed by atoms with Gasteiger partial charge in [-0.25, -0.2) is 0 Å². The van der Waals surface area contributed by atoms with Gasteiger partial charge in [-0.3, -0.25) is 4.79 Å². The Labute approximate surface area is 85.2 Å². The zero-order valence-corrected chi connectivity index (χ0v) is 9.06. The molecule has 3 heteroatoms. The Morgan fingerprint density at radius 3 is 2.71 bits per heavy atom. The number of ether oxygens (including phenoxy) is 1. The van der Waals surface area contributed by atoms with Gasteiger partial charge in [0, 0.05) is 30.6 Å². The van der Waals surface area contributed by atoms with Crippen LogP contribution in [0.2, 0.25) is 0 Å². The second-order valence-corrected chi connectivity index (χ2v) is 5.10. The molecular formula is C11H19NO2. The molecule has 0 aliphatic carbocycles. The summed E-state index contributed by atoms with van der Waals surface area (Å²) < 4.78 is 5.47. The van der Waals surface area contributed by atoms with E-state index >= 15 is 0 Å². The van der Waals surface area contributed by atoms with Crippen LogP contribution in [0.15, 0.2) is 0 Å². The van der Waals surface area contributed by atoms with Crippen LogP contribution in [-0.4, -0.2) is 24.7 Å². The monoisotopic (exact) mass is 197 g/mol. The molecule has 1 atom stereocenters. The molecule has 1 amide bonds. The number of carbonyl (C=O) groups is 1. The van der Waals surface area contributed by atoms with E-state index in [2.05, 4.69) is 19.2 Å². The lowest BCUT2D eigenvalue weighted by Crippen LogP contribution is -2.47. The molecule has 2 rings (SSSR count). The van der Waals surface area contributed by atoms with E-state index in [9.17, 15) is 4.79 Å². The van der Waals surface area contributed by atoms with E-state index in [1.54, 1.807) is 0 Å². The van der Waals surface area contributed by atoms with E-state index in [1.165, 1.54) is 0 Å². The van der Waals surface area contributed by atoms with Crippen molar-refractivity contribution in [2.75, 3.05) is 13.2 Å². The Hall–Kier alpha value is -0.570. The predicted octanol–water partition coefficient (Wildman–Crippen LogP) is 1.47. The maximum absolute atomic E-state index is 11.5. The maximum atomic E-state index is 11.5. The van der Waals surface area contributed by atoms with E-state index in [0.717, 1.165) is 32.5 Å². The number of hydrogen-bond acceptors (Lipinski definition) is 2. The largest absolute Gasteiger partial charge is 0.381 e. The molecule has 0 bridgehead atoms. The zero-order valence-electron chi connectivity index (χ0n) is 9.06. The third-order valence-electron chi connectivity index (χ3n) is 3.95. The highest BCUT2D eigenvalue weighted by molar-refractivity contribution is 5.80. The Morgan fingerprint density at radius 1 is 1.29 bits per heavy atom. The van der Waals surface area contributed by atoms with Crippen molar-refractivity contribution in [1.82, 2.24) is 5.32 Å². The fourth-order valence-corrected chi connectivity index (χ4v) is 2.86. The molecule has 14 heavy (non-hydrogen) atoms. The lowest BCUT2D eigenvalue weighted by Gasteiger charge is -2.39. The van der Waals surface area contributed by atoms with Gasteiger partial charge in [0.1, 0.15) is 0 Å². The number of nitrogens with one attached hydrogen (secondary N) is 1. The van der Waals surface area contributed by atoms with Crippen LogP contribution >= 0.6 is 0 Å². The molecule has 2 aliphatic heterocycles. The van der Waals surface area contributed by atoms with E-state index in [4.69, 9.17) is 4.74 Å². The molecule has 1 spiro atoms. The Balaban J connectivity index is 2.23. The molecule has 3 nitrogen and oxygen atoms in total. The van der Waals surface area contributed by atoms with Crippen LogP contribution in [0.5, 0.6) is 0 Å². The summed E-state index contributed by atoms with van der Waals surface area (Å²) in [5, 5.41) is 3.09. The van der Waals surface area contributed by atoms with E-state index in [-0.39, 0.29) is 16.9 Å². The minimum Gasteiger partial charge on any atom is -0.381 e. The van der Waals surface area contributed by atoms with Crippen LogP contribution in [0, 0.1) is 5.41 Å². The summed E-state index contributed by atoms with van der Waals surface area (Å²) in [5.41, 5.74) is 0.0817. The topological polar surface area (TPSA) is 38.3 Å². The van der Waals surface area contributed by atoms with E-state index in [1.807, 2.05) is 0 Å². The first-order valence-corrected chi connectivity index (χ1v) is 5.45. The first kappa shape index (κ1) is 9.97. The molecule has 0 radical (unpaired) electrons. The van der Waals surface area contributed by atoms with Gasteiger partial charge in [0.2, 0.25) is 5.91 Å². The van der Waals surface area contributed by atoms with Crippen molar-refractivity contribution < 1.29 is 9.53 Å². The van der Waals surface area contributed by atoms with Crippen LogP contribution < -0.4 is 5.32 Å². The second kappa shape index (κ2) is 3.23. The Kier molecular flexibility index (Phi) is 2.30. The molecule has 1 unspecified atom stereocenters. The summed E-state index contributed by atoms with van der Waals surface area (Å²) in [4.78, 5) is 11.5. The second-order valence-electron chi connectivity index (χ2n) is 5.10. The van der Waals surface area contributed by atoms with Crippen molar-refractivity contribution in [2.24, 2.45) is 5.41 Å². The third-order valence-corrected chi connectivity index (χ3v) is 3.95. The minimum atomic E-state index is -0.0578. The van der Waals surface area contributed by atoms with E-state index < -0.39 is 0 Å². The molecule has 0 saturated carbocycles. The molecule has 80 valence electrons. The number of hydrogen-bond donors (Lipinski definition) is 1. The van der Waals surface area contributed by atoms with Gasteiger partial charge in [0.15, 0.2) is 0 Å². The fraction of sp³-hybridized carbons (Fsp3) is 0.909. The zero-order chi connectivity index (χ0) is 10.2. The molecule has 2 saturated heterocycles. The standard InChI is InChI=1S/C11H19NO2/c1-10(2)11(8-9(13)12-10)4-3-6-14-7-5-11/h3-8H2,1-2H3,(H,12,13). The van der Waals surface area contributed by atoms with E-state index in [0.29, 0.717) is 6.42 Å². The molecule has 2 fully saturated rings. The maximum Gasteiger partial charge on any atom is 0.221 e. The molecular weight excluding hydrogens is 178 g/mol. The highest BCUT2D eigenvalue weighted by atomic mass is 16.5. The number of rotatable bonds is 0. The van der Waals surface area contributed by atoms with Crippen molar-refractivity contribution in [1.29, 1.82) is 0 Å². The first-order chi connectivity index (χ1) is 6.56. The number of amides is 1. The summed E-state index contributed by atoms with van der Waals surface area (Å²) in [6.07, 6.45) is 3.89. The smallest absolute Gasteiger partial charge is 0.221 e. The van der Waals surface area contributed by atoms with Crippen LogP contribution in [-0.2, 0) is 9.53 Å². The van der Waals surface area contributed by atoms with Gasteiger partial charge in [-0.1, -0.05) is 0 Å². The van der Waals surface area contributed by atoms with Gasteiger partial charge in [0.05, 0.1) is 0 Å². The summed E-state index contributed by atoms with van der Waals surface area (Å²) in [5.74, 6) is 0.205. The summed E-state index contributed by atoms with van der Waals surface area (Å²) >= 11 is 0. The average Bonchev–Trinajstić information content (AvgIpc) is 2.25. The van der Waals surface area contributed by atoms with Crippen molar-refractivity contribution in [3.63, 3.8) is 0 Å². The summed E-state index contributed by atoms with van der Waals surface area (Å²) in [7, 11) is 0. The number of carbonyl (C=O) groups excluding carboxylic acids is 1. The third kappa shape index (κ3) is 1.44. The molecule has 2 heterocycles. The molecule has 0 aromatic carbocycles. The molecule has 0 aromatic heterocycles. The van der Waals surface area contributed by atoms with Gasteiger partial charge < -0.3 is 10.1 Å². The molecule has 1 N–H and O–H groups in total. The van der Waals surface area contributed by atoms with Crippen LogP contribution in [0.1, 0.15) is 39.5 Å². The van der Waals surface area contributed by atoms with Crippen molar-refractivity contribution in [3.8, 4) is 0 Å².